The van der Waals surface area contributed by atoms with Crippen molar-refractivity contribution in [1.29, 1.82) is 0 Å². The Morgan fingerprint density at radius 1 is 1.31 bits per heavy atom. The molecule has 6 heteroatoms. The first kappa shape index (κ1) is 12.7. The third-order valence-corrected chi connectivity index (χ3v) is 2.19. The number of hydrogen-bond donors (Lipinski definition) is 3. The predicted octanol–water partition coefficient (Wildman–Crippen LogP) is 0.496. The summed E-state index contributed by atoms with van der Waals surface area (Å²) in [5, 5.41) is 13.3. The van der Waals surface area contributed by atoms with Crippen LogP contribution in [0.25, 0.3) is 0 Å². The Morgan fingerprint density at radius 3 is 2.69 bits per heavy atom. The molecule has 0 saturated carbocycles. The summed E-state index contributed by atoms with van der Waals surface area (Å²) in [6.07, 6.45) is 0. The van der Waals surface area contributed by atoms with Gasteiger partial charge in [0.15, 0.2) is 0 Å². The molecule has 0 bridgehead atoms. The van der Waals surface area contributed by atoms with E-state index in [9.17, 15) is 9.59 Å². The number of carbonyl (C=O) groups is 2. The maximum atomic E-state index is 11.3. The summed E-state index contributed by atoms with van der Waals surface area (Å²) < 4.78 is 0.852. The van der Waals surface area contributed by atoms with Gasteiger partial charge in [-0.1, -0.05) is 22.0 Å². The van der Waals surface area contributed by atoms with Crippen LogP contribution >= 0.6 is 15.9 Å². The van der Waals surface area contributed by atoms with Crippen LogP contribution < -0.4 is 10.6 Å². The van der Waals surface area contributed by atoms with Crippen LogP contribution in [0, 0.1) is 0 Å². The van der Waals surface area contributed by atoms with E-state index >= 15 is 0 Å². The molecule has 0 heterocycles. The SMILES string of the molecule is O=C(CO)NCC(=O)Nc1cccc(Br)c1. The third-order valence-electron chi connectivity index (χ3n) is 1.70. The molecule has 0 atom stereocenters. The zero-order valence-electron chi connectivity index (χ0n) is 8.37. The largest absolute Gasteiger partial charge is 0.387 e. The summed E-state index contributed by atoms with van der Waals surface area (Å²) in [5.74, 6) is -0.927. The second-order valence-corrected chi connectivity index (χ2v) is 3.91. The van der Waals surface area contributed by atoms with E-state index in [1.165, 1.54) is 0 Å². The summed E-state index contributed by atoms with van der Waals surface area (Å²) >= 11 is 3.27. The molecule has 1 aromatic carbocycles. The van der Waals surface area contributed by atoms with Gasteiger partial charge in [0, 0.05) is 10.2 Å². The molecule has 0 fully saturated rings. The topological polar surface area (TPSA) is 78.4 Å². The number of hydrogen-bond acceptors (Lipinski definition) is 3. The van der Waals surface area contributed by atoms with Crippen LogP contribution in [0.15, 0.2) is 28.7 Å². The maximum Gasteiger partial charge on any atom is 0.246 e. The molecule has 0 spiro atoms. The Balaban J connectivity index is 2.43. The van der Waals surface area contributed by atoms with E-state index in [0.29, 0.717) is 5.69 Å². The van der Waals surface area contributed by atoms with E-state index in [-0.39, 0.29) is 12.5 Å². The average Bonchev–Trinajstić information content (AvgIpc) is 2.26. The number of carbonyl (C=O) groups excluding carboxylic acids is 2. The zero-order chi connectivity index (χ0) is 12.0. The van der Waals surface area contributed by atoms with E-state index in [2.05, 4.69) is 26.6 Å². The molecular weight excluding hydrogens is 276 g/mol. The zero-order valence-corrected chi connectivity index (χ0v) is 9.95. The fraction of sp³-hybridized carbons (Fsp3) is 0.200. The lowest BCUT2D eigenvalue weighted by molar-refractivity contribution is -0.126. The number of rotatable bonds is 4. The molecule has 0 aromatic heterocycles. The molecule has 5 nitrogen and oxygen atoms in total. The van der Waals surface area contributed by atoms with Crippen molar-refractivity contribution in [2.24, 2.45) is 0 Å². The molecule has 1 aromatic rings. The molecular formula is C10H11BrN2O3. The predicted molar refractivity (Wildman–Crippen MR) is 62.9 cm³/mol. The Labute approximate surface area is 101 Å². The lowest BCUT2D eigenvalue weighted by Gasteiger charge is -2.06. The lowest BCUT2D eigenvalue weighted by atomic mass is 10.3. The molecule has 16 heavy (non-hydrogen) atoms. The van der Waals surface area contributed by atoms with E-state index < -0.39 is 12.5 Å². The van der Waals surface area contributed by atoms with Gasteiger partial charge in [-0.25, -0.2) is 0 Å². The van der Waals surface area contributed by atoms with Crippen LogP contribution in [0.1, 0.15) is 0 Å². The van der Waals surface area contributed by atoms with Gasteiger partial charge in [0.25, 0.3) is 0 Å². The van der Waals surface area contributed by atoms with Gasteiger partial charge < -0.3 is 15.7 Å². The highest BCUT2D eigenvalue weighted by molar-refractivity contribution is 9.10. The molecule has 86 valence electrons. The highest BCUT2D eigenvalue weighted by Crippen LogP contribution is 2.15. The summed E-state index contributed by atoms with van der Waals surface area (Å²) in [5.41, 5.74) is 0.637. The third kappa shape index (κ3) is 4.41. The number of nitrogens with one attached hydrogen (secondary N) is 2. The van der Waals surface area contributed by atoms with Crippen molar-refractivity contribution in [1.82, 2.24) is 5.32 Å². The van der Waals surface area contributed by atoms with Gasteiger partial charge in [-0.2, -0.15) is 0 Å². The van der Waals surface area contributed by atoms with E-state index in [0.717, 1.165) is 4.47 Å². The van der Waals surface area contributed by atoms with E-state index in [1.54, 1.807) is 18.2 Å². The van der Waals surface area contributed by atoms with Crippen molar-refractivity contribution in [3.05, 3.63) is 28.7 Å². The van der Waals surface area contributed by atoms with Crippen LogP contribution in [0.5, 0.6) is 0 Å². The summed E-state index contributed by atoms with van der Waals surface area (Å²) in [4.78, 5) is 22.0. The number of anilines is 1. The molecule has 0 aliphatic rings. The first-order valence-electron chi connectivity index (χ1n) is 4.55. The molecule has 0 aliphatic heterocycles. The smallest absolute Gasteiger partial charge is 0.246 e. The van der Waals surface area contributed by atoms with Gasteiger partial charge in [-0.05, 0) is 18.2 Å². The van der Waals surface area contributed by atoms with Crippen LogP contribution in [0.4, 0.5) is 5.69 Å². The quantitative estimate of drug-likeness (QED) is 0.754. The fourth-order valence-electron chi connectivity index (χ4n) is 1.01. The van der Waals surface area contributed by atoms with Crippen molar-refractivity contribution < 1.29 is 14.7 Å². The van der Waals surface area contributed by atoms with Crippen molar-refractivity contribution >= 4 is 33.4 Å². The Morgan fingerprint density at radius 2 is 2.06 bits per heavy atom. The van der Waals surface area contributed by atoms with Crippen LogP contribution in [0.3, 0.4) is 0 Å². The molecule has 1 rings (SSSR count). The summed E-state index contributed by atoms with van der Waals surface area (Å²) in [7, 11) is 0. The number of halogens is 1. The van der Waals surface area contributed by atoms with Gasteiger partial charge in [-0.3, -0.25) is 9.59 Å². The van der Waals surface area contributed by atoms with Gasteiger partial charge in [0.2, 0.25) is 11.8 Å². The first-order chi connectivity index (χ1) is 7.61. The highest BCUT2D eigenvalue weighted by Gasteiger charge is 2.04. The highest BCUT2D eigenvalue weighted by atomic mass is 79.9. The number of benzene rings is 1. The minimum Gasteiger partial charge on any atom is -0.387 e. The van der Waals surface area contributed by atoms with Crippen molar-refractivity contribution in [3.63, 3.8) is 0 Å². The van der Waals surface area contributed by atoms with E-state index in [1.807, 2.05) is 6.07 Å². The minimum atomic E-state index is -0.621. The Kier molecular flexibility index (Phi) is 4.94. The van der Waals surface area contributed by atoms with Crippen molar-refractivity contribution in [3.8, 4) is 0 Å². The van der Waals surface area contributed by atoms with Crippen LogP contribution in [-0.2, 0) is 9.59 Å². The standard InChI is InChI=1S/C10H11BrN2O3/c11-7-2-1-3-8(4-7)13-9(15)5-12-10(16)6-14/h1-4,14H,5-6H2,(H,12,16)(H,13,15). The molecule has 0 saturated heterocycles. The lowest BCUT2D eigenvalue weighted by Crippen LogP contribution is -2.34. The first-order valence-corrected chi connectivity index (χ1v) is 5.34. The van der Waals surface area contributed by atoms with Crippen molar-refractivity contribution in [2.75, 3.05) is 18.5 Å². The second kappa shape index (κ2) is 6.24. The summed E-state index contributed by atoms with van der Waals surface area (Å²) in [6, 6.07) is 7.09. The minimum absolute atomic E-state index is 0.161. The number of aliphatic hydroxyl groups excluding tert-OH is 1. The number of aliphatic hydroxyl groups is 1. The van der Waals surface area contributed by atoms with Crippen molar-refractivity contribution in [2.45, 2.75) is 0 Å². The Hall–Kier alpha value is -1.40. The van der Waals surface area contributed by atoms with Gasteiger partial charge in [0.1, 0.15) is 6.61 Å². The van der Waals surface area contributed by atoms with Crippen LogP contribution in [-0.4, -0.2) is 30.1 Å². The second-order valence-electron chi connectivity index (χ2n) is 2.99. The van der Waals surface area contributed by atoms with Gasteiger partial charge >= 0.3 is 0 Å². The van der Waals surface area contributed by atoms with E-state index in [4.69, 9.17) is 5.11 Å². The normalized spacial score (nSPS) is 9.62. The molecule has 3 N–H and O–H groups in total. The number of amides is 2. The Bertz CT molecular complexity index is 395. The maximum absolute atomic E-state index is 11.3. The molecule has 0 unspecified atom stereocenters. The molecule has 0 aliphatic carbocycles. The summed E-state index contributed by atoms with van der Waals surface area (Å²) in [6.45, 7) is -0.782. The average molecular weight is 287 g/mol. The van der Waals surface area contributed by atoms with Crippen LogP contribution in [0.2, 0.25) is 0 Å². The van der Waals surface area contributed by atoms with Gasteiger partial charge in [0.05, 0.1) is 6.54 Å². The fourth-order valence-corrected chi connectivity index (χ4v) is 1.41. The molecule has 2 amide bonds. The molecule has 0 radical (unpaired) electrons. The van der Waals surface area contributed by atoms with Gasteiger partial charge in [-0.15, -0.1) is 0 Å². The monoisotopic (exact) mass is 286 g/mol.